The summed E-state index contributed by atoms with van der Waals surface area (Å²) in [5.41, 5.74) is 12.4. The van der Waals surface area contributed by atoms with Gasteiger partial charge in [0.05, 0.1) is 16.1 Å². The Bertz CT molecular complexity index is 1350. The Morgan fingerprint density at radius 1 is 0.700 bits per heavy atom. The topological polar surface area (TPSA) is 51.8 Å². The molecule has 0 saturated heterocycles. The Kier molecular flexibility index (Phi) is 4.48. The van der Waals surface area contributed by atoms with Crippen LogP contribution in [0.4, 0.5) is 14.5 Å². The molecule has 0 radical (unpaired) electrons. The Balaban J connectivity index is 1.94. The second-order valence-corrected chi connectivity index (χ2v) is 7.71. The number of pyridine rings is 2. The highest BCUT2D eigenvalue weighted by atomic mass is 32.1. The maximum atomic E-state index is 13.7. The Hall–Kier alpha value is -3.64. The summed E-state index contributed by atoms with van der Waals surface area (Å²) in [4.78, 5) is 9.01. The molecule has 0 unspecified atom stereocenters. The van der Waals surface area contributed by atoms with Gasteiger partial charge in [-0.1, -0.05) is 12.1 Å². The summed E-state index contributed by atoms with van der Waals surface area (Å²) in [6.07, 6.45) is 3.43. The van der Waals surface area contributed by atoms with Crippen molar-refractivity contribution in [1.29, 1.82) is 0 Å². The van der Waals surface area contributed by atoms with Crippen molar-refractivity contribution in [2.45, 2.75) is 0 Å². The number of hydrogen-bond acceptors (Lipinski definition) is 4. The van der Waals surface area contributed by atoms with E-state index in [-0.39, 0.29) is 11.6 Å². The van der Waals surface area contributed by atoms with Crippen LogP contribution in [-0.4, -0.2) is 9.97 Å². The van der Waals surface area contributed by atoms with Gasteiger partial charge in [-0.3, -0.25) is 4.98 Å². The van der Waals surface area contributed by atoms with Gasteiger partial charge < -0.3 is 5.73 Å². The van der Waals surface area contributed by atoms with E-state index >= 15 is 0 Å². The fourth-order valence-electron chi connectivity index (χ4n) is 3.57. The van der Waals surface area contributed by atoms with E-state index < -0.39 is 0 Å². The molecule has 3 aromatic heterocycles. The molecule has 5 aromatic rings. The molecule has 30 heavy (non-hydrogen) atoms. The molecular weight excluding hydrogens is 400 g/mol. The van der Waals surface area contributed by atoms with Crippen LogP contribution in [0.25, 0.3) is 43.7 Å². The molecule has 0 fully saturated rings. The van der Waals surface area contributed by atoms with Gasteiger partial charge in [0.25, 0.3) is 0 Å². The summed E-state index contributed by atoms with van der Waals surface area (Å²) in [6, 6.07) is 16.4. The van der Waals surface area contributed by atoms with Gasteiger partial charge in [0, 0.05) is 34.5 Å². The number of nitrogens with zero attached hydrogens (tertiary/aromatic N) is 2. The van der Waals surface area contributed by atoms with E-state index in [1.807, 2.05) is 17.5 Å². The molecule has 2 N–H and O–H groups in total. The number of thiophene rings is 1. The van der Waals surface area contributed by atoms with Crippen molar-refractivity contribution >= 4 is 27.2 Å². The average Bonchev–Trinajstić information content (AvgIpc) is 3.15. The van der Waals surface area contributed by atoms with Gasteiger partial charge in [0.15, 0.2) is 0 Å². The molecule has 3 nitrogen and oxygen atoms in total. The number of halogens is 2. The smallest absolute Gasteiger partial charge is 0.123 e. The van der Waals surface area contributed by atoms with Crippen molar-refractivity contribution < 1.29 is 8.78 Å². The van der Waals surface area contributed by atoms with Gasteiger partial charge in [0.2, 0.25) is 0 Å². The first-order valence-corrected chi connectivity index (χ1v) is 10.1. The van der Waals surface area contributed by atoms with E-state index in [0.29, 0.717) is 16.9 Å². The summed E-state index contributed by atoms with van der Waals surface area (Å²) in [7, 11) is 0. The van der Waals surface area contributed by atoms with Crippen molar-refractivity contribution in [3.05, 3.63) is 90.1 Å². The van der Waals surface area contributed by atoms with Crippen molar-refractivity contribution in [3.63, 3.8) is 0 Å². The number of aromatic nitrogens is 2. The van der Waals surface area contributed by atoms with Crippen LogP contribution in [0.2, 0.25) is 0 Å². The van der Waals surface area contributed by atoms with E-state index in [9.17, 15) is 8.78 Å². The van der Waals surface area contributed by atoms with Crippen LogP contribution in [0.1, 0.15) is 0 Å². The van der Waals surface area contributed by atoms with Gasteiger partial charge >= 0.3 is 0 Å². The normalized spacial score (nSPS) is 11.1. The number of rotatable bonds is 3. The maximum absolute atomic E-state index is 13.7. The van der Waals surface area contributed by atoms with E-state index in [0.717, 1.165) is 32.5 Å². The van der Waals surface area contributed by atoms with Crippen LogP contribution >= 0.6 is 11.3 Å². The van der Waals surface area contributed by atoms with E-state index in [2.05, 4.69) is 4.98 Å². The zero-order chi connectivity index (χ0) is 20.7. The van der Waals surface area contributed by atoms with Crippen LogP contribution in [0.5, 0.6) is 0 Å². The summed E-state index contributed by atoms with van der Waals surface area (Å²) in [5, 5.41) is 1.86. The predicted molar refractivity (Wildman–Crippen MR) is 118 cm³/mol. The summed E-state index contributed by atoms with van der Waals surface area (Å²) >= 11 is 1.50. The van der Waals surface area contributed by atoms with Gasteiger partial charge in [0.1, 0.15) is 17.2 Å². The molecule has 3 heterocycles. The molecular formula is C24H15F2N3S. The molecule has 5 rings (SSSR count). The first-order chi connectivity index (χ1) is 14.6. The second kappa shape index (κ2) is 7.31. The highest BCUT2D eigenvalue weighted by Gasteiger charge is 2.21. The van der Waals surface area contributed by atoms with Gasteiger partial charge in [-0.05, 0) is 59.7 Å². The quantitative estimate of drug-likeness (QED) is 0.363. The number of benzene rings is 2. The highest BCUT2D eigenvalue weighted by Crippen LogP contribution is 2.46. The first kappa shape index (κ1) is 18.4. The van der Waals surface area contributed by atoms with Crippen LogP contribution in [0.15, 0.2) is 78.4 Å². The molecule has 0 bridgehead atoms. The molecule has 0 atom stereocenters. The molecule has 0 saturated carbocycles. The molecule has 146 valence electrons. The summed E-state index contributed by atoms with van der Waals surface area (Å²) < 4.78 is 28.2. The third-order valence-corrected chi connectivity index (χ3v) is 5.95. The standard InChI is InChI=1S/C24H15F2N3S/c25-17-5-1-14(2-6-17)21-20(15-9-11-28-12-10-15)22(16-3-7-18(26)8-4-16)29-23-19(27)13-30-24(21)23/h1-13H,27H2. The molecule has 0 aliphatic heterocycles. The SMILES string of the molecule is Nc1csc2c(-c3ccc(F)cc3)c(-c3ccncc3)c(-c3ccc(F)cc3)nc12. The zero-order valence-electron chi connectivity index (χ0n) is 15.6. The zero-order valence-corrected chi connectivity index (χ0v) is 16.5. The van der Waals surface area contributed by atoms with Crippen molar-refractivity contribution in [2.75, 3.05) is 5.73 Å². The lowest BCUT2D eigenvalue weighted by Crippen LogP contribution is -1.96. The third-order valence-electron chi connectivity index (χ3n) is 4.95. The van der Waals surface area contributed by atoms with E-state index in [1.54, 1.807) is 36.7 Å². The minimum Gasteiger partial charge on any atom is -0.396 e. The van der Waals surface area contributed by atoms with E-state index in [4.69, 9.17) is 10.7 Å². The highest BCUT2D eigenvalue weighted by molar-refractivity contribution is 7.18. The van der Waals surface area contributed by atoms with Crippen LogP contribution in [0.3, 0.4) is 0 Å². The first-order valence-electron chi connectivity index (χ1n) is 9.25. The molecule has 0 aliphatic rings. The van der Waals surface area contributed by atoms with Crippen LogP contribution in [-0.2, 0) is 0 Å². The lowest BCUT2D eigenvalue weighted by molar-refractivity contribution is 0.627. The van der Waals surface area contributed by atoms with E-state index in [1.165, 1.54) is 35.6 Å². The van der Waals surface area contributed by atoms with Crippen molar-refractivity contribution in [1.82, 2.24) is 9.97 Å². The average molecular weight is 415 g/mol. The van der Waals surface area contributed by atoms with Gasteiger partial charge in [-0.2, -0.15) is 0 Å². The molecule has 2 aromatic carbocycles. The second-order valence-electron chi connectivity index (χ2n) is 6.83. The van der Waals surface area contributed by atoms with Gasteiger partial charge in [-0.25, -0.2) is 13.8 Å². The van der Waals surface area contributed by atoms with Crippen LogP contribution < -0.4 is 5.73 Å². The number of nitrogen functional groups attached to an aromatic ring is 1. The van der Waals surface area contributed by atoms with Gasteiger partial charge in [-0.15, -0.1) is 11.3 Å². The fourth-order valence-corrected chi connectivity index (χ4v) is 4.54. The molecule has 6 heteroatoms. The summed E-state index contributed by atoms with van der Waals surface area (Å²) in [6.45, 7) is 0. The largest absolute Gasteiger partial charge is 0.396 e. The predicted octanol–water partition coefficient (Wildman–Crippen LogP) is 6.55. The molecule has 0 amide bonds. The Morgan fingerprint density at radius 2 is 1.27 bits per heavy atom. The van der Waals surface area contributed by atoms with Crippen LogP contribution in [0, 0.1) is 11.6 Å². The van der Waals surface area contributed by atoms with Crippen molar-refractivity contribution in [3.8, 4) is 33.5 Å². The Morgan fingerprint density at radius 3 is 1.90 bits per heavy atom. The third kappa shape index (κ3) is 3.11. The lowest BCUT2D eigenvalue weighted by atomic mass is 9.91. The monoisotopic (exact) mass is 415 g/mol. The minimum atomic E-state index is -0.320. The minimum absolute atomic E-state index is 0.307. The number of fused-ring (bicyclic) bond motifs is 1. The summed E-state index contributed by atoms with van der Waals surface area (Å²) in [5.74, 6) is -0.627. The van der Waals surface area contributed by atoms with Crippen molar-refractivity contribution in [2.24, 2.45) is 0 Å². The molecule has 0 spiro atoms. The Labute approximate surface area is 175 Å². The number of hydrogen-bond donors (Lipinski definition) is 1. The fraction of sp³-hybridized carbons (Fsp3) is 0. The maximum Gasteiger partial charge on any atom is 0.123 e. The lowest BCUT2D eigenvalue weighted by Gasteiger charge is -2.17. The number of nitrogens with two attached hydrogens (primary N) is 1. The number of anilines is 1. The molecule has 0 aliphatic carbocycles.